The van der Waals surface area contributed by atoms with Gasteiger partial charge in [0.05, 0.1) is 31.4 Å². The van der Waals surface area contributed by atoms with Gasteiger partial charge < -0.3 is 9.30 Å². The Morgan fingerprint density at radius 1 is 1.00 bits per heavy atom. The lowest BCUT2D eigenvalue weighted by molar-refractivity contribution is 0.0365. The van der Waals surface area contributed by atoms with E-state index >= 15 is 0 Å². The first kappa shape index (κ1) is 17.9. The second-order valence-electron chi connectivity index (χ2n) is 7.12. The van der Waals surface area contributed by atoms with Crippen molar-refractivity contribution in [2.75, 3.05) is 32.8 Å². The molecular weight excluding hydrogens is 368 g/mol. The molecule has 1 fully saturated rings. The molecule has 0 saturated carbocycles. The van der Waals surface area contributed by atoms with Gasteiger partial charge in [-0.25, -0.2) is 19.9 Å². The molecule has 9 nitrogen and oxygen atoms in total. The minimum Gasteiger partial charge on any atom is -0.379 e. The summed E-state index contributed by atoms with van der Waals surface area (Å²) >= 11 is 0. The van der Waals surface area contributed by atoms with Gasteiger partial charge >= 0.3 is 0 Å². The lowest BCUT2D eigenvalue weighted by Gasteiger charge is -2.26. The SMILES string of the molecule is Cc1nc(-c2ccc(-c3cnc4ncn(CCN5CCOCC5)c4n3)cc2)n[nH]1. The molecular formula is C20H22N8O. The fraction of sp³-hybridized carbons (Fsp3) is 0.350. The van der Waals surface area contributed by atoms with Crippen LogP contribution in [0, 0.1) is 6.92 Å². The van der Waals surface area contributed by atoms with Gasteiger partial charge in [0.2, 0.25) is 0 Å². The first-order valence-electron chi connectivity index (χ1n) is 9.74. The van der Waals surface area contributed by atoms with Crippen molar-refractivity contribution >= 4 is 11.3 Å². The highest BCUT2D eigenvalue weighted by molar-refractivity contribution is 5.72. The second kappa shape index (κ2) is 7.69. The van der Waals surface area contributed by atoms with Gasteiger partial charge in [-0.2, -0.15) is 5.10 Å². The molecule has 5 rings (SSSR count). The number of hydrogen-bond donors (Lipinski definition) is 1. The Hall–Kier alpha value is -3.17. The highest BCUT2D eigenvalue weighted by atomic mass is 16.5. The van der Waals surface area contributed by atoms with Gasteiger partial charge in [0.1, 0.15) is 5.82 Å². The number of hydrogen-bond acceptors (Lipinski definition) is 7. The van der Waals surface area contributed by atoms with E-state index in [9.17, 15) is 0 Å². The van der Waals surface area contributed by atoms with Crippen LogP contribution >= 0.6 is 0 Å². The molecule has 1 aliphatic rings. The predicted octanol–water partition coefficient (Wildman–Crippen LogP) is 1.92. The highest BCUT2D eigenvalue weighted by Gasteiger charge is 2.13. The van der Waals surface area contributed by atoms with E-state index in [4.69, 9.17) is 9.72 Å². The topological polar surface area (TPSA) is 97.6 Å². The molecule has 0 amide bonds. The maximum absolute atomic E-state index is 5.42. The molecule has 4 heterocycles. The molecule has 0 atom stereocenters. The second-order valence-corrected chi connectivity index (χ2v) is 7.12. The summed E-state index contributed by atoms with van der Waals surface area (Å²) in [6.07, 6.45) is 3.59. The predicted molar refractivity (Wildman–Crippen MR) is 108 cm³/mol. The maximum atomic E-state index is 5.42. The van der Waals surface area contributed by atoms with Crippen molar-refractivity contribution in [1.82, 2.24) is 39.6 Å². The van der Waals surface area contributed by atoms with Gasteiger partial charge in [0, 0.05) is 37.3 Å². The monoisotopic (exact) mass is 390 g/mol. The smallest absolute Gasteiger partial charge is 0.197 e. The van der Waals surface area contributed by atoms with E-state index in [0.717, 1.165) is 67.7 Å². The van der Waals surface area contributed by atoms with E-state index < -0.39 is 0 Å². The number of aryl methyl sites for hydroxylation is 1. The molecule has 148 valence electrons. The molecule has 0 radical (unpaired) electrons. The molecule has 0 unspecified atom stereocenters. The number of aromatic nitrogens is 7. The minimum atomic E-state index is 0.670. The fourth-order valence-corrected chi connectivity index (χ4v) is 3.47. The number of aromatic amines is 1. The van der Waals surface area contributed by atoms with Crippen molar-refractivity contribution in [2.24, 2.45) is 0 Å². The highest BCUT2D eigenvalue weighted by Crippen LogP contribution is 2.22. The van der Waals surface area contributed by atoms with E-state index in [-0.39, 0.29) is 0 Å². The van der Waals surface area contributed by atoms with Crippen molar-refractivity contribution < 1.29 is 4.74 Å². The zero-order valence-corrected chi connectivity index (χ0v) is 16.2. The van der Waals surface area contributed by atoms with E-state index in [2.05, 4.69) is 34.6 Å². The van der Waals surface area contributed by atoms with Crippen molar-refractivity contribution in [3.63, 3.8) is 0 Å². The van der Waals surface area contributed by atoms with Crippen LogP contribution in [0.4, 0.5) is 0 Å². The Balaban J connectivity index is 1.37. The number of ether oxygens (including phenoxy) is 1. The standard InChI is InChI=1S/C20H22N8O/c1-14-23-18(26-25-14)16-4-2-15(3-5-16)17-12-21-19-20(24-17)28(13-22-19)7-6-27-8-10-29-11-9-27/h2-5,12-13H,6-11H2,1H3,(H,23,25,26). The summed E-state index contributed by atoms with van der Waals surface area (Å²) in [5, 5.41) is 7.07. The summed E-state index contributed by atoms with van der Waals surface area (Å²) in [4.78, 5) is 20.5. The summed E-state index contributed by atoms with van der Waals surface area (Å²) in [5.74, 6) is 1.49. The summed E-state index contributed by atoms with van der Waals surface area (Å²) in [7, 11) is 0. The molecule has 3 aromatic heterocycles. The lowest BCUT2D eigenvalue weighted by atomic mass is 10.1. The number of nitrogens with zero attached hydrogens (tertiary/aromatic N) is 7. The number of H-pyrrole nitrogens is 1. The summed E-state index contributed by atoms with van der Waals surface area (Å²) in [5.41, 5.74) is 4.26. The molecule has 0 aliphatic carbocycles. The first-order chi connectivity index (χ1) is 14.3. The summed E-state index contributed by atoms with van der Waals surface area (Å²) in [6, 6.07) is 8.04. The van der Waals surface area contributed by atoms with E-state index in [1.807, 2.05) is 37.5 Å². The van der Waals surface area contributed by atoms with Crippen molar-refractivity contribution in [1.29, 1.82) is 0 Å². The Kier molecular flexibility index (Phi) is 4.74. The molecule has 1 aliphatic heterocycles. The van der Waals surface area contributed by atoms with Crippen LogP contribution in [-0.2, 0) is 11.3 Å². The Morgan fingerprint density at radius 2 is 1.79 bits per heavy atom. The van der Waals surface area contributed by atoms with Crippen LogP contribution in [0.25, 0.3) is 33.9 Å². The molecule has 0 spiro atoms. The number of morpholine rings is 1. The number of fused-ring (bicyclic) bond motifs is 1. The number of imidazole rings is 1. The third kappa shape index (κ3) is 3.74. The van der Waals surface area contributed by atoms with E-state index in [1.54, 1.807) is 6.20 Å². The quantitative estimate of drug-likeness (QED) is 0.556. The Morgan fingerprint density at radius 3 is 2.55 bits per heavy atom. The zero-order valence-electron chi connectivity index (χ0n) is 16.2. The van der Waals surface area contributed by atoms with Crippen LogP contribution in [0.3, 0.4) is 0 Å². The molecule has 0 bridgehead atoms. The number of benzene rings is 1. The third-order valence-electron chi connectivity index (χ3n) is 5.12. The number of rotatable bonds is 5. The summed E-state index contributed by atoms with van der Waals surface area (Å²) < 4.78 is 7.49. The van der Waals surface area contributed by atoms with Crippen LogP contribution in [-0.4, -0.2) is 72.4 Å². The van der Waals surface area contributed by atoms with Gasteiger partial charge in [-0.3, -0.25) is 10.00 Å². The summed E-state index contributed by atoms with van der Waals surface area (Å²) in [6.45, 7) is 7.22. The zero-order chi connectivity index (χ0) is 19.6. The van der Waals surface area contributed by atoms with Gasteiger partial charge in [0.25, 0.3) is 0 Å². The molecule has 29 heavy (non-hydrogen) atoms. The normalized spacial score (nSPS) is 15.2. The van der Waals surface area contributed by atoms with Crippen LogP contribution in [0.1, 0.15) is 5.82 Å². The van der Waals surface area contributed by atoms with Crippen LogP contribution in [0.15, 0.2) is 36.8 Å². The third-order valence-corrected chi connectivity index (χ3v) is 5.12. The van der Waals surface area contributed by atoms with Gasteiger partial charge in [0.15, 0.2) is 17.1 Å². The van der Waals surface area contributed by atoms with E-state index in [0.29, 0.717) is 11.5 Å². The molecule has 1 saturated heterocycles. The molecule has 1 aromatic carbocycles. The Bertz CT molecular complexity index is 1110. The maximum Gasteiger partial charge on any atom is 0.197 e. The van der Waals surface area contributed by atoms with Gasteiger partial charge in [-0.15, -0.1) is 0 Å². The average molecular weight is 390 g/mol. The first-order valence-corrected chi connectivity index (χ1v) is 9.74. The van der Waals surface area contributed by atoms with Gasteiger partial charge in [-0.1, -0.05) is 24.3 Å². The van der Waals surface area contributed by atoms with Gasteiger partial charge in [-0.05, 0) is 6.92 Å². The fourth-order valence-electron chi connectivity index (χ4n) is 3.47. The largest absolute Gasteiger partial charge is 0.379 e. The van der Waals surface area contributed by atoms with Crippen molar-refractivity contribution in [3.05, 3.63) is 42.6 Å². The Labute approximate surface area is 167 Å². The van der Waals surface area contributed by atoms with E-state index in [1.165, 1.54) is 0 Å². The number of nitrogens with one attached hydrogen (secondary N) is 1. The van der Waals surface area contributed by atoms with Crippen LogP contribution in [0.5, 0.6) is 0 Å². The molecule has 1 N–H and O–H groups in total. The molecule has 9 heteroatoms. The lowest BCUT2D eigenvalue weighted by Crippen LogP contribution is -2.38. The van der Waals surface area contributed by atoms with Crippen molar-refractivity contribution in [3.8, 4) is 22.6 Å². The molecule has 4 aromatic rings. The van der Waals surface area contributed by atoms with Crippen molar-refractivity contribution in [2.45, 2.75) is 13.5 Å². The minimum absolute atomic E-state index is 0.670. The van der Waals surface area contributed by atoms with Crippen LogP contribution in [0.2, 0.25) is 0 Å². The average Bonchev–Trinajstić information content (AvgIpc) is 3.39. The van der Waals surface area contributed by atoms with Crippen LogP contribution < -0.4 is 0 Å².